The van der Waals surface area contributed by atoms with Crippen molar-refractivity contribution < 1.29 is 9.18 Å². The second-order valence-corrected chi connectivity index (χ2v) is 6.28. The summed E-state index contributed by atoms with van der Waals surface area (Å²) in [6.07, 6.45) is 4.92. The van der Waals surface area contributed by atoms with Crippen molar-refractivity contribution in [3.63, 3.8) is 0 Å². The second kappa shape index (κ2) is 6.11. The summed E-state index contributed by atoms with van der Waals surface area (Å²) in [5.41, 5.74) is 4.04. The van der Waals surface area contributed by atoms with Gasteiger partial charge in [0.15, 0.2) is 0 Å². The number of aromatic nitrogens is 1. The van der Waals surface area contributed by atoms with Crippen LogP contribution in [0.2, 0.25) is 0 Å². The van der Waals surface area contributed by atoms with Crippen LogP contribution in [-0.2, 0) is 17.6 Å². The Balaban J connectivity index is 1.52. The molecule has 0 radical (unpaired) electrons. The van der Waals surface area contributed by atoms with Gasteiger partial charge in [-0.15, -0.1) is 0 Å². The highest BCUT2D eigenvalue weighted by atomic mass is 19.1. The van der Waals surface area contributed by atoms with Crippen molar-refractivity contribution in [2.45, 2.75) is 25.7 Å². The maximum Gasteiger partial charge on any atom is 0.227 e. The number of carbonyl (C=O) groups is 1. The maximum absolute atomic E-state index is 13.6. The Kier molecular flexibility index (Phi) is 3.81. The number of hydrogen-bond donors (Lipinski definition) is 1. The lowest BCUT2D eigenvalue weighted by atomic mass is 10.0. The lowest BCUT2D eigenvalue weighted by Gasteiger charge is -2.29. The normalized spacial score (nSPS) is 14.0. The van der Waals surface area contributed by atoms with Gasteiger partial charge in [-0.2, -0.15) is 0 Å². The van der Waals surface area contributed by atoms with Crippen molar-refractivity contribution in [1.82, 2.24) is 4.98 Å². The molecule has 0 fully saturated rings. The van der Waals surface area contributed by atoms with Crippen molar-refractivity contribution in [2.24, 2.45) is 0 Å². The van der Waals surface area contributed by atoms with Crippen molar-refractivity contribution in [1.29, 1.82) is 0 Å². The zero-order valence-electron chi connectivity index (χ0n) is 13.4. The number of amides is 1. The van der Waals surface area contributed by atoms with E-state index in [4.69, 9.17) is 0 Å². The molecule has 3 nitrogen and oxygen atoms in total. The number of para-hydroxylation sites is 1. The van der Waals surface area contributed by atoms with E-state index in [0.29, 0.717) is 19.4 Å². The first kappa shape index (κ1) is 14.9. The molecule has 1 N–H and O–H groups in total. The standard InChI is InChI=1S/C20H19FN2O/c21-16-9-7-14-4-3-11-23(19(14)12-16)20(24)10-8-15-13-22-18-6-2-1-5-17(15)18/h1-2,5-7,9,12-13,22H,3-4,8,10-11H2. The Bertz CT molecular complexity index is 900. The molecule has 3 aromatic rings. The summed E-state index contributed by atoms with van der Waals surface area (Å²) in [6.45, 7) is 0.670. The number of H-pyrrole nitrogens is 1. The van der Waals surface area contributed by atoms with Crippen LogP contribution >= 0.6 is 0 Å². The Labute approximate surface area is 140 Å². The molecular formula is C20H19FN2O. The molecule has 2 heterocycles. The molecule has 2 aromatic carbocycles. The summed E-state index contributed by atoms with van der Waals surface area (Å²) in [5, 5.41) is 1.16. The highest BCUT2D eigenvalue weighted by Gasteiger charge is 2.23. The molecule has 0 saturated carbocycles. The average molecular weight is 322 g/mol. The Morgan fingerprint density at radius 1 is 1.21 bits per heavy atom. The number of rotatable bonds is 3. The Hall–Kier alpha value is -2.62. The summed E-state index contributed by atoms with van der Waals surface area (Å²) >= 11 is 0. The summed E-state index contributed by atoms with van der Waals surface area (Å²) in [5.74, 6) is -0.225. The summed E-state index contributed by atoms with van der Waals surface area (Å²) in [4.78, 5) is 17.7. The molecule has 0 atom stereocenters. The van der Waals surface area contributed by atoms with E-state index in [1.165, 1.54) is 12.1 Å². The summed E-state index contributed by atoms with van der Waals surface area (Å²) < 4.78 is 13.6. The van der Waals surface area contributed by atoms with Gasteiger partial charge in [-0.3, -0.25) is 4.79 Å². The summed E-state index contributed by atoms with van der Waals surface area (Å²) in [6, 6.07) is 12.8. The summed E-state index contributed by atoms with van der Waals surface area (Å²) in [7, 11) is 0. The van der Waals surface area contributed by atoms with Crippen LogP contribution in [0.1, 0.15) is 24.0 Å². The minimum Gasteiger partial charge on any atom is -0.361 e. The first-order valence-electron chi connectivity index (χ1n) is 8.36. The molecule has 1 amide bonds. The SMILES string of the molecule is O=C(CCc1c[nH]c2ccccc12)N1CCCc2ccc(F)cc21. The van der Waals surface area contributed by atoms with Gasteiger partial charge >= 0.3 is 0 Å². The van der Waals surface area contributed by atoms with Crippen molar-refractivity contribution >= 4 is 22.5 Å². The fourth-order valence-electron chi connectivity index (χ4n) is 3.52. The van der Waals surface area contributed by atoms with Crippen molar-refractivity contribution in [3.05, 3.63) is 65.6 Å². The number of aromatic amines is 1. The van der Waals surface area contributed by atoms with E-state index < -0.39 is 0 Å². The van der Waals surface area contributed by atoms with Crippen LogP contribution < -0.4 is 4.90 Å². The average Bonchev–Trinajstić information content (AvgIpc) is 3.02. The number of anilines is 1. The third kappa shape index (κ3) is 2.68. The van der Waals surface area contributed by atoms with E-state index in [1.807, 2.05) is 24.4 Å². The quantitative estimate of drug-likeness (QED) is 0.770. The predicted molar refractivity (Wildman–Crippen MR) is 93.7 cm³/mol. The third-order valence-electron chi connectivity index (χ3n) is 4.75. The number of fused-ring (bicyclic) bond motifs is 2. The van der Waals surface area contributed by atoms with E-state index in [-0.39, 0.29) is 11.7 Å². The van der Waals surface area contributed by atoms with Crippen LogP contribution in [0.25, 0.3) is 10.9 Å². The van der Waals surface area contributed by atoms with E-state index in [9.17, 15) is 9.18 Å². The van der Waals surface area contributed by atoms with Gasteiger partial charge in [0.05, 0.1) is 0 Å². The molecule has 0 spiro atoms. The number of hydrogen-bond acceptors (Lipinski definition) is 1. The molecule has 1 aliphatic rings. The minimum absolute atomic E-state index is 0.0619. The molecule has 0 saturated heterocycles. The van der Waals surface area contributed by atoms with Gasteiger partial charge in [-0.05, 0) is 48.6 Å². The Morgan fingerprint density at radius 2 is 2.08 bits per heavy atom. The van der Waals surface area contributed by atoms with Gasteiger partial charge in [-0.1, -0.05) is 24.3 Å². The van der Waals surface area contributed by atoms with E-state index in [2.05, 4.69) is 11.1 Å². The lowest BCUT2D eigenvalue weighted by molar-refractivity contribution is -0.118. The fraction of sp³-hybridized carbons (Fsp3) is 0.250. The highest BCUT2D eigenvalue weighted by Crippen LogP contribution is 2.29. The van der Waals surface area contributed by atoms with Crippen molar-refractivity contribution in [2.75, 3.05) is 11.4 Å². The van der Waals surface area contributed by atoms with Crippen LogP contribution in [0.4, 0.5) is 10.1 Å². The third-order valence-corrected chi connectivity index (χ3v) is 4.75. The molecule has 122 valence electrons. The number of benzene rings is 2. The van der Waals surface area contributed by atoms with Gasteiger partial charge in [0.25, 0.3) is 0 Å². The van der Waals surface area contributed by atoms with Crippen LogP contribution in [0, 0.1) is 5.82 Å². The zero-order chi connectivity index (χ0) is 16.5. The highest BCUT2D eigenvalue weighted by molar-refractivity contribution is 5.95. The number of nitrogens with one attached hydrogen (secondary N) is 1. The number of carbonyl (C=O) groups excluding carboxylic acids is 1. The molecule has 0 aliphatic carbocycles. The molecular weight excluding hydrogens is 303 g/mol. The topological polar surface area (TPSA) is 36.1 Å². The van der Waals surface area contributed by atoms with Gasteiger partial charge in [-0.25, -0.2) is 4.39 Å². The molecule has 4 heteroatoms. The second-order valence-electron chi connectivity index (χ2n) is 6.28. The molecule has 4 rings (SSSR count). The van der Waals surface area contributed by atoms with E-state index >= 15 is 0 Å². The fourth-order valence-corrected chi connectivity index (χ4v) is 3.52. The Morgan fingerprint density at radius 3 is 3.00 bits per heavy atom. The molecule has 1 aromatic heterocycles. The maximum atomic E-state index is 13.6. The molecule has 0 bridgehead atoms. The zero-order valence-corrected chi connectivity index (χ0v) is 13.4. The minimum atomic E-state index is -0.287. The molecule has 0 unspecified atom stereocenters. The van der Waals surface area contributed by atoms with Crippen LogP contribution in [0.3, 0.4) is 0 Å². The number of nitrogens with zero attached hydrogens (tertiary/aromatic N) is 1. The largest absolute Gasteiger partial charge is 0.361 e. The number of halogens is 1. The monoisotopic (exact) mass is 322 g/mol. The van der Waals surface area contributed by atoms with Crippen LogP contribution in [0.5, 0.6) is 0 Å². The predicted octanol–water partition coefficient (Wildman–Crippen LogP) is 4.22. The van der Waals surface area contributed by atoms with E-state index in [1.54, 1.807) is 11.0 Å². The van der Waals surface area contributed by atoms with Crippen LogP contribution in [-0.4, -0.2) is 17.4 Å². The molecule has 1 aliphatic heterocycles. The van der Waals surface area contributed by atoms with Crippen LogP contribution in [0.15, 0.2) is 48.7 Å². The first-order valence-corrected chi connectivity index (χ1v) is 8.36. The van der Waals surface area contributed by atoms with E-state index in [0.717, 1.165) is 40.6 Å². The van der Waals surface area contributed by atoms with Gasteiger partial charge in [0.2, 0.25) is 5.91 Å². The smallest absolute Gasteiger partial charge is 0.227 e. The first-order chi connectivity index (χ1) is 11.7. The van der Waals surface area contributed by atoms with Crippen molar-refractivity contribution in [3.8, 4) is 0 Å². The van der Waals surface area contributed by atoms with Gasteiger partial charge in [0.1, 0.15) is 5.82 Å². The van der Waals surface area contributed by atoms with Gasteiger partial charge < -0.3 is 9.88 Å². The lowest BCUT2D eigenvalue weighted by Crippen LogP contribution is -2.35. The van der Waals surface area contributed by atoms with Gasteiger partial charge in [0, 0.05) is 35.8 Å². The number of aryl methyl sites for hydroxylation is 2. The molecule has 24 heavy (non-hydrogen) atoms.